The summed E-state index contributed by atoms with van der Waals surface area (Å²) >= 11 is 5.78. The first-order valence-corrected chi connectivity index (χ1v) is 14.6. The monoisotopic (exact) mass is 651 g/mol. The van der Waals surface area contributed by atoms with Crippen LogP contribution in [0.15, 0.2) is 59.6 Å². The van der Waals surface area contributed by atoms with E-state index < -0.39 is 63.6 Å². The number of hydrogen-bond donors (Lipinski definition) is 0. The van der Waals surface area contributed by atoms with Gasteiger partial charge in [-0.05, 0) is 72.5 Å². The molecule has 0 aliphatic carbocycles. The zero-order valence-corrected chi connectivity index (χ0v) is 24.3. The third kappa shape index (κ3) is 7.29. The van der Waals surface area contributed by atoms with E-state index in [-0.39, 0.29) is 41.2 Å². The van der Waals surface area contributed by atoms with Gasteiger partial charge in [0, 0.05) is 44.7 Å². The third-order valence-electron chi connectivity index (χ3n) is 7.31. The molecule has 3 aromatic rings. The number of benzene rings is 2. The summed E-state index contributed by atoms with van der Waals surface area (Å²) in [5.74, 6) is -2.91. The van der Waals surface area contributed by atoms with E-state index >= 15 is 0 Å². The van der Waals surface area contributed by atoms with E-state index in [9.17, 15) is 43.9 Å². The van der Waals surface area contributed by atoms with Gasteiger partial charge in [0.25, 0.3) is 0 Å². The topological polar surface area (TPSA) is 70.6 Å². The minimum atomic E-state index is -5.05. The van der Waals surface area contributed by atoms with Crippen LogP contribution in [0.4, 0.5) is 30.7 Å². The normalized spacial score (nSPS) is 18.5. The molecular formula is C28H25ClF7N3O3S. The summed E-state index contributed by atoms with van der Waals surface area (Å²) in [7, 11) is -2.85. The molecule has 4 rings (SSSR count). The van der Waals surface area contributed by atoms with Gasteiger partial charge in [-0.15, -0.1) is 0 Å². The predicted molar refractivity (Wildman–Crippen MR) is 143 cm³/mol. The second-order valence-corrected chi connectivity index (χ2v) is 12.6. The van der Waals surface area contributed by atoms with Gasteiger partial charge in [0.05, 0.1) is 11.1 Å². The number of nitrogens with zero attached hydrogens (tertiary/aromatic N) is 3. The zero-order valence-electron chi connectivity index (χ0n) is 22.7. The van der Waals surface area contributed by atoms with E-state index in [1.54, 1.807) is 6.92 Å². The SMILES string of the molecule is Cc1cc(F)ccc1C1CN(S(=O)(=O)c2ccc(Cl)nc2)CCC1C(=O)N(C)Cc1cc(C(F)(F)F)cc(C(F)(F)F)c1. The smallest absolute Gasteiger partial charge is 0.341 e. The Bertz CT molecular complexity index is 1580. The van der Waals surface area contributed by atoms with E-state index in [0.29, 0.717) is 23.3 Å². The molecule has 0 N–H and O–H groups in total. The summed E-state index contributed by atoms with van der Waals surface area (Å²) in [5, 5.41) is 0.0780. The molecule has 1 amide bonds. The summed E-state index contributed by atoms with van der Waals surface area (Å²) in [6.07, 6.45) is -9.05. The molecule has 1 aromatic heterocycles. The summed E-state index contributed by atoms with van der Waals surface area (Å²) in [5.41, 5.74) is -2.49. The van der Waals surface area contributed by atoms with Crippen LogP contribution in [0.1, 0.15) is 40.2 Å². The number of aryl methyl sites for hydroxylation is 1. The lowest BCUT2D eigenvalue weighted by molar-refractivity contribution is -0.143. The Hall–Kier alpha value is -3.23. The number of pyridine rings is 1. The number of sulfonamides is 1. The summed E-state index contributed by atoms with van der Waals surface area (Å²) < 4.78 is 122. The quantitative estimate of drug-likeness (QED) is 0.221. The molecule has 1 aliphatic heterocycles. The fourth-order valence-corrected chi connectivity index (χ4v) is 6.75. The van der Waals surface area contributed by atoms with Crippen LogP contribution in [0.5, 0.6) is 0 Å². The van der Waals surface area contributed by atoms with Crippen molar-refractivity contribution in [2.75, 3.05) is 20.1 Å². The first kappa shape index (κ1) is 32.7. The van der Waals surface area contributed by atoms with Crippen molar-refractivity contribution in [3.8, 4) is 0 Å². The van der Waals surface area contributed by atoms with Crippen molar-refractivity contribution in [3.05, 3.63) is 93.5 Å². The minimum Gasteiger partial charge on any atom is -0.341 e. The van der Waals surface area contributed by atoms with Crippen molar-refractivity contribution in [2.45, 2.75) is 43.1 Å². The number of alkyl halides is 6. The number of halogens is 8. The molecule has 0 spiro atoms. The van der Waals surface area contributed by atoms with E-state index in [4.69, 9.17) is 11.6 Å². The fourth-order valence-electron chi connectivity index (χ4n) is 5.22. The highest BCUT2D eigenvalue weighted by Crippen LogP contribution is 2.39. The standard InChI is InChI=1S/C28H25ClF7N3O3S/c1-16-9-20(30)3-5-22(16)24-15-39(43(41,42)21-4-6-25(29)37-13-21)8-7-23(24)26(40)38(2)14-17-10-18(27(31,32)33)12-19(11-17)28(34,35)36/h3-6,9-13,23-24H,7-8,14-15H2,1-2H3. The Labute approximate surface area is 248 Å². The second-order valence-electron chi connectivity index (χ2n) is 10.3. The fraction of sp³-hybridized carbons (Fsp3) is 0.357. The van der Waals surface area contributed by atoms with Crippen LogP contribution in [0, 0.1) is 18.7 Å². The van der Waals surface area contributed by atoms with Crippen molar-refractivity contribution in [3.63, 3.8) is 0 Å². The molecule has 6 nitrogen and oxygen atoms in total. The molecule has 232 valence electrons. The summed E-state index contributed by atoms with van der Waals surface area (Å²) in [4.78, 5) is 18.4. The van der Waals surface area contributed by atoms with E-state index in [1.807, 2.05) is 0 Å². The van der Waals surface area contributed by atoms with Crippen molar-refractivity contribution in [2.24, 2.45) is 5.92 Å². The summed E-state index contributed by atoms with van der Waals surface area (Å²) in [6, 6.07) is 7.50. The molecule has 1 fully saturated rings. The Kier molecular flexibility index (Phi) is 9.15. The lowest BCUT2D eigenvalue weighted by Crippen LogP contribution is -2.47. The Morgan fingerprint density at radius 2 is 1.65 bits per heavy atom. The van der Waals surface area contributed by atoms with Crippen LogP contribution >= 0.6 is 11.6 Å². The van der Waals surface area contributed by atoms with E-state index in [2.05, 4.69) is 4.98 Å². The van der Waals surface area contributed by atoms with Crippen LogP contribution in [0.3, 0.4) is 0 Å². The Morgan fingerprint density at radius 3 is 2.19 bits per heavy atom. The number of piperidine rings is 1. The van der Waals surface area contributed by atoms with Crippen molar-refractivity contribution < 1.29 is 43.9 Å². The molecule has 2 atom stereocenters. The Morgan fingerprint density at radius 1 is 1.02 bits per heavy atom. The molecule has 0 saturated carbocycles. The first-order chi connectivity index (χ1) is 19.9. The number of carbonyl (C=O) groups is 1. The van der Waals surface area contributed by atoms with Gasteiger partial charge >= 0.3 is 12.4 Å². The molecule has 1 aliphatic rings. The van der Waals surface area contributed by atoms with Crippen LogP contribution in [0.25, 0.3) is 0 Å². The molecule has 43 heavy (non-hydrogen) atoms. The largest absolute Gasteiger partial charge is 0.416 e. The molecule has 15 heteroatoms. The lowest BCUT2D eigenvalue weighted by atomic mass is 9.79. The maximum Gasteiger partial charge on any atom is 0.416 e. The van der Waals surface area contributed by atoms with E-state index in [0.717, 1.165) is 21.5 Å². The molecular weight excluding hydrogens is 627 g/mol. The van der Waals surface area contributed by atoms with Crippen molar-refractivity contribution in [1.29, 1.82) is 0 Å². The predicted octanol–water partition coefficient (Wildman–Crippen LogP) is 6.67. The van der Waals surface area contributed by atoms with Crippen molar-refractivity contribution in [1.82, 2.24) is 14.2 Å². The first-order valence-electron chi connectivity index (χ1n) is 12.8. The lowest BCUT2D eigenvalue weighted by Gasteiger charge is -2.39. The number of carbonyl (C=O) groups excluding carboxylic acids is 1. The molecule has 0 bridgehead atoms. The van der Waals surface area contributed by atoms with Gasteiger partial charge in [0.1, 0.15) is 15.9 Å². The number of aromatic nitrogens is 1. The Balaban J connectivity index is 1.66. The molecule has 0 radical (unpaired) electrons. The maximum atomic E-state index is 13.9. The highest BCUT2D eigenvalue weighted by atomic mass is 35.5. The number of hydrogen-bond acceptors (Lipinski definition) is 4. The zero-order chi connectivity index (χ0) is 31.9. The molecule has 2 aromatic carbocycles. The molecule has 2 unspecified atom stereocenters. The van der Waals surface area contributed by atoms with Gasteiger partial charge < -0.3 is 4.90 Å². The van der Waals surface area contributed by atoms with E-state index in [1.165, 1.54) is 31.3 Å². The van der Waals surface area contributed by atoms with Gasteiger partial charge in [-0.2, -0.15) is 30.6 Å². The van der Waals surface area contributed by atoms with Gasteiger partial charge in [0.2, 0.25) is 15.9 Å². The minimum absolute atomic E-state index is 0.00499. The summed E-state index contributed by atoms with van der Waals surface area (Å²) in [6.45, 7) is 0.689. The molecule has 1 saturated heterocycles. The van der Waals surface area contributed by atoms with Gasteiger partial charge in [-0.1, -0.05) is 17.7 Å². The van der Waals surface area contributed by atoms with Crippen molar-refractivity contribution >= 4 is 27.5 Å². The van der Waals surface area contributed by atoms with Crippen LogP contribution in [0.2, 0.25) is 5.15 Å². The van der Waals surface area contributed by atoms with Gasteiger partial charge in [0.15, 0.2) is 0 Å². The molecule has 2 heterocycles. The second kappa shape index (κ2) is 12.0. The van der Waals surface area contributed by atoms with Gasteiger partial charge in [-0.25, -0.2) is 17.8 Å². The average molecular weight is 652 g/mol. The highest BCUT2D eigenvalue weighted by Gasteiger charge is 2.42. The van der Waals surface area contributed by atoms with Crippen LogP contribution < -0.4 is 0 Å². The number of amides is 1. The van der Waals surface area contributed by atoms with Crippen LogP contribution in [-0.2, 0) is 33.7 Å². The van der Waals surface area contributed by atoms with Crippen LogP contribution in [-0.4, -0.2) is 48.7 Å². The average Bonchev–Trinajstić information content (AvgIpc) is 2.91. The third-order valence-corrected chi connectivity index (χ3v) is 9.38. The highest BCUT2D eigenvalue weighted by molar-refractivity contribution is 7.89. The van der Waals surface area contributed by atoms with Gasteiger partial charge in [-0.3, -0.25) is 4.79 Å². The maximum absolute atomic E-state index is 13.9. The number of rotatable bonds is 6.